The highest BCUT2D eigenvalue weighted by Gasteiger charge is 2.16. The van der Waals surface area contributed by atoms with E-state index < -0.39 is 0 Å². The molecular weight excluding hydrogens is 344 g/mol. The van der Waals surface area contributed by atoms with Crippen LogP contribution in [0.2, 0.25) is 0 Å². The maximum absolute atomic E-state index is 12.3. The Kier molecular flexibility index (Phi) is 5.09. The first-order valence-electron chi connectivity index (χ1n) is 8.36. The zero-order chi connectivity index (χ0) is 19.6. The molecule has 0 atom stereocenters. The van der Waals surface area contributed by atoms with Crippen LogP contribution in [-0.2, 0) is 6.54 Å². The van der Waals surface area contributed by atoms with Gasteiger partial charge in [-0.3, -0.25) is 20.1 Å². The van der Waals surface area contributed by atoms with Crippen molar-refractivity contribution in [3.63, 3.8) is 0 Å². The van der Waals surface area contributed by atoms with E-state index in [9.17, 15) is 4.79 Å². The summed E-state index contributed by atoms with van der Waals surface area (Å²) in [7, 11) is 5.42. The second-order valence-electron chi connectivity index (χ2n) is 6.50. The molecule has 1 amide bonds. The number of aromatic nitrogens is 2. The van der Waals surface area contributed by atoms with E-state index in [1.807, 2.05) is 43.3 Å². The van der Waals surface area contributed by atoms with E-state index in [4.69, 9.17) is 15.9 Å². The molecule has 0 saturated carbocycles. The van der Waals surface area contributed by atoms with Crippen molar-refractivity contribution in [2.45, 2.75) is 6.54 Å². The van der Waals surface area contributed by atoms with Crippen molar-refractivity contribution < 1.29 is 9.53 Å². The van der Waals surface area contributed by atoms with Gasteiger partial charge >= 0.3 is 0 Å². The molecule has 0 aliphatic rings. The normalized spacial score (nSPS) is 11.0. The van der Waals surface area contributed by atoms with Crippen molar-refractivity contribution in [2.75, 3.05) is 21.1 Å². The number of carbonyl (C=O) groups is 1. The lowest BCUT2D eigenvalue weighted by atomic mass is 10.2. The Bertz CT molecular complexity index is 995. The van der Waals surface area contributed by atoms with Gasteiger partial charge < -0.3 is 20.4 Å². The number of fused-ring (bicyclic) bond motifs is 1. The maximum atomic E-state index is 12.3. The Morgan fingerprint density at radius 1 is 1.19 bits per heavy atom. The molecule has 0 radical (unpaired) electrons. The number of rotatable bonds is 5. The van der Waals surface area contributed by atoms with Crippen molar-refractivity contribution in [3.05, 3.63) is 54.0 Å². The first-order valence-corrected chi connectivity index (χ1v) is 8.36. The fraction of sp³-hybridized carbons (Fsp3) is 0.211. The number of guanidine groups is 1. The minimum atomic E-state index is -0.372. The van der Waals surface area contributed by atoms with Crippen LogP contribution < -0.4 is 10.5 Å². The number of pyridine rings is 1. The summed E-state index contributed by atoms with van der Waals surface area (Å²) < 4.78 is 5.94. The molecule has 27 heavy (non-hydrogen) atoms. The van der Waals surface area contributed by atoms with E-state index >= 15 is 0 Å². The number of ether oxygens (including phenoxy) is 1. The Morgan fingerprint density at radius 2 is 1.93 bits per heavy atom. The largest absolute Gasteiger partial charge is 0.457 e. The fourth-order valence-corrected chi connectivity index (χ4v) is 2.64. The molecule has 8 heteroatoms. The fourth-order valence-electron chi connectivity index (χ4n) is 2.64. The van der Waals surface area contributed by atoms with E-state index in [2.05, 4.69) is 9.97 Å². The van der Waals surface area contributed by atoms with Crippen molar-refractivity contribution in [2.24, 2.45) is 5.73 Å². The van der Waals surface area contributed by atoms with Crippen molar-refractivity contribution in [1.29, 1.82) is 5.41 Å². The molecule has 0 unspecified atom stereocenters. The number of carbonyl (C=O) groups excluding carboxylic acids is 1. The molecule has 8 nitrogen and oxygen atoms in total. The topological polar surface area (TPSA) is 111 Å². The number of benzene rings is 1. The average molecular weight is 366 g/mol. The highest BCUT2D eigenvalue weighted by molar-refractivity contribution is 6.05. The third-order valence-electron chi connectivity index (χ3n) is 3.99. The summed E-state index contributed by atoms with van der Waals surface area (Å²) in [4.78, 5) is 22.8. The van der Waals surface area contributed by atoms with Crippen LogP contribution in [-0.4, -0.2) is 52.8 Å². The summed E-state index contributed by atoms with van der Waals surface area (Å²) in [6.07, 6.45) is 1.72. The van der Waals surface area contributed by atoms with Crippen LogP contribution in [0.25, 0.3) is 10.9 Å². The van der Waals surface area contributed by atoms with E-state index in [-0.39, 0.29) is 11.9 Å². The standard InChI is InChI=1S/C19H22N6O2/c1-24(2)11-13-9-15(6-7-22-13)27-14-5-4-12-8-17(23-16(12)10-14)18(26)25(3)19(20)21/h4-10,23H,11H2,1-3H3,(H3,20,21). The van der Waals surface area contributed by atoms with Gasteiger partial charge in [0.2, 0.25) is 0 Å². The minimum absolute atomic E-state index is 0.311. The Labute approximate surface area is 157 Å². The molecule has 1 aromatic carbocycles. The van der Waals surface area contributed by atoms with Crippen molar-refractivity contribution >= 4 is 22.8 Å². The molecule has 0 aliphatic heterocycles. The SMILES string of the molecule is CN(C)Cc1cc(Oc2ccc3cc(C(=O)N(C)C(=N)N)[nH]c3c2)ccn1. The molecule has 0 saturated heterocycles. The molecule has 140 valence electrons. The van der Waals surface area contributed by atoms with Gasteiger partial charge in [-0.1, -0.05) is 0 Å². The third kappa shape index (κ3) is 4.24. The van der Waals surface area contributed by atoms with Gasteiger partial charge in [0.25, 0.3) is 5.91 Å². The number of H-pyrrole nitrogens is 1. The first kappa shape index (κ1) is 18.4. The lowest BCUT2D eigenvalue weighted by molar-refractivity contribution is 0.0864. The van der Waals surface area contributed by atoms with Gasteiger partial charge in [-0.25, -0.2) is 0 Å². The number of aromatic amines is 1. The van der Waals surface area contributed by atoms with Crippen LogP contribution in [0.3, 0.4) is 0 Å². The molecule has 0 fully saturated rings. The molecular formula is C19H22N6O2. The third-order valence-corrected chi connectivity index (χ3v) is 3.99. The van der Waals surface area contributed by atoms with Gasteiger partial charge in [0.05, 0.1) is 5.69 Å². The Hall–Kier alpha value is -3.39. The number of hydrogen-bond acceptors (Lipinski definition) is 5. The van der Waals surface area contributed by atoms with E-state index in [0.717, 1.165) is 28.0 Å². The Balaban J connectivity index is 1.83. The first-order chi connectivity index (χ1) is 12.8. The van der Waals surface area contributed by atoms with Crippen LogP contribution in [0.5, 0.6) is 11.5 Å². The lowest BCUT2D eigenvalue weighted by Gasteiger charge is -2.12. The summed E-state index contributed by atoms with van der Waals surface area (Å²) in [5.41, 5.74) is 7.40. The molecule has 3 rings (SSSR count). The summed E-state index contributed by atoms with van der Waals surface area (Å²) in [5.74, 6) is 0.656. The number of nitrogens with one attached hydrogen (secondary N) is 2. The van der Waals surface area contributed by atoms with Gasteiger partial charge in [-0.15, -0.1) is 0 Å². The highest BCUT2D eigenvalue weighted by atomic mass is 16.5. The van der Waals surface area contributed by atoms with Gasteiger partial charge in [0.15, 0.2) is 5.96 Å². The average Bonchev–Trinajstić information content (AvgIpc) is 3.03. The van der Waals surface area contributed by atoms with Gasteiger partial charge in [0, 0.05) is 42.8 Å². The zero-order valence-electron chi connectivity index (χ0n) is 15.5. The number of nitrogens with zero attached hydrogens (tertiary/aromatic N) is 3. The summed E-state index contributed by atoms with van der Waals surface area (Å²) in [6, 6.07) is 11.0. The van der Waals surface area contributed by atoms with Crippen LogP contribution in [0, 0.1) is 5.41 Å². The van der Waals surface area contributed by atoms with Crippen LogP contribution in [0.4, 0.5) is 0 Å². The zero-order valence-corrected chi connectivity index (χ0v) is 15.5. The molecule has 2 heterocycles. The molecule has 2 aromatic heterocycles. The van der Waals surface area contributed by atoms with Gasteiger partial charge in [0.1, 0.15) is 17.2 Å². The minimum Gasteiger partial charge on any atom is -0.457 e. The predicted molar refractivity (Wildman–Crippen MR) is 104 cm³/mol. The predicted octanol–water partition coefficient (Wildman–Crippen LogP) is 2.38. The van der Waals surface area contributed by atoms with Crippen molar-refractivity contribution in [1.82, 2.24) is 19.8 Å². The number of hydrogen-bond donors (Lipinski definition) is 3. The van der Waals surface area contributed by atoms with E-state index in [1.165, 1.54) is 7.05 Å². The Morgan fingerprint density at radius 3 is 2.63 bits per heavy atom. The van der Waals surface area contributed by atoms with E-state index in [0.29, 0.717) is 17.2 Å². The quantitative estimate of drug-likeness (QED) is 0.474. The second-order valence-corrected chi connectivity index (χ2v) is 6.50. The lowest BCUT2D eigenvalue weighted by Crippen LogP contribution is -2.38. The molecule has 4 N–H and O–H groups in total. The van der Waals surface area contributed by atoms with E-state index in [1.54, 1.807) is 18.3 Å². The number of nitrogens with two attached hydrogens (primary N) is 1. The van der Waals surface area contributed by atoms with Crippen molar-refractivity contribution in [3.8, 4) is 11.5 Å². The second kappa shape index (κ2) is 7.46. The highest BCUT2D eigenvalue weighted by Crippen LogP contribution is 2.26. The summed E-state index contributed by atoms with van der Waals surface area (Å²) >= 11 is 0. The van der Waals surface area contributed by atoms with Gasteiger partial charge in [-0.2, -0.15) is 0 Å². The van der Waals surface area contributed by atoms with Crippen LogP contribution in [0.15, 0.2) is 42.6 Å². The molecule has 0 aliphatic carbocycles. The maximum Gasteiger partial charge on any atom is 0.276 e. The summed E-state index contributed by atoms with van der Waals surface area (Å²) in [5, 5.41) is 8.24. The summed E-state index contributed by atoms with van der Waals surface area (Å²) in [6.45, 7) is 0.724. The molecule has 3 aromatic rings. The molecule has 0 bridgehead atoms. The molecule has 0 spiro atoms. The van der Waals surface area contributed by atoms with Gasteiger partial charge in [-0.05, 0) is 38.4 Å². The number of amides is 1. The smallest absolute Gasteiger partial charge is 0.276 e. The van der Waals surface area contributed by atoms with Crippen LogP contribution >= 0.6 is 0 Å². The monoisotopic (exact) mass is 366 g/mol. The van der Waals surface area contributed by atoms with Crippen LogP contribution in [0.1, 0.15) is 16.2 Å².